The van der Waals surface area contributed by atoms with Crippen LogP contribution >= 0.6 is 0 Å². The Labute approximate surface area is 87.8 Å². The molecule has 0 saturated carbocycles. The molecular weight excluding hydrogens is 194 g/mol. The van der Waals surface area contributed by atoms with E-state index in [-0.39, 0.29) is 6.54 Å². The van der Waals surface area contributed by atoms with E-state index in [0.717, 1.165) is 0 Å². The normalized spacial score (nSPS) is 31.0. The minimum absolute atomic E-state index is 0.122. The minimum atomic E-state index is -1.37. The number of aliphatic hydroxyl groups is 2. The molecule has 80 valence electrons. The molecule has 1 aliphatic heterocycles. The van der Waals surface area contributed by atoms with E-state index in [1.807, 2.05) is 18.2 Å². The highest BCUT2D eigenvalue weighted by Crippen LogP contribution is 2.27. The number of amides is 1. The molecular formula is C11H13NO3. The summed E-state index contributed by atoms with van der Waals surface area (Å²) in [4.78, 5) is 13.0. The van der Waals surface area contributed by atoms with Gasteiger partial charge in [-0.25, -0.2) is 0 Å². The molecule has 0 aliphatic carbocycles. The van der Waals surface area contributed by atoms with Gasteiger partial charge in [-0.15, -0.1) is 0 Å². The molecule has 1 heterocycles. The van der Waals surface area contributed by atoms with E-state index in [1.54, 1.807) is 12.1 Å². The van der Waals surface area contributed by atoms with E-state index in [4.69, 9.17) is 0 Å². The fourth-order valence-electron chi connectivity index (χ4n) is 1.72. The minimum Gasteiger partial charge on any atom is -0.385 e. The Kier molecular flexibility index (Phi) is 2.25. The summed E-state index contributed by atoms with van der Waals surface area (Å²) in [5.41, 5.74) is -0.674. The van der Waals surface area contributed by atoms with Crippen LogP contribution in [0, 0.1) is 0 Å². The van der Waals surface area contributed by atoms with Crippen LogP contribution in [-0.4, -0.2) is 34.4 Å². The maximum atomic E-state index is 11.6. The molecule has 0 aromatic heterocycles. The molecule has 0 radical (unpaired) electrons. The van der Waals surface area contributed by atoms with E-state index >= 15 is 0 Å². The van der Waals surface area contributed by atoms with Crippen LogP contribution in [0.15, 0.2) is 30.3 Å². The highest BCUT2D eigenvalue weighted by Gasteiger charge is 2.47. The molecule has 1 aliphatic rings. The lowest BCUT2D eigenvalue weighted by Crippen LogP contribution is -2.39. The highest BCUT2D eigenvalue weighted by atomic mass is 16.4. The summed E-state index contributed by atoms with van der Waals surface area (Å²) < 4.78 is 0. The van der Waals surface area contributed by atoms with Crippen molar-refractivity contribution >= 4 is 11.6 Å². The van der Waals surface area contributed by atoms with Crippen molar-refractivity contribution in [3.05, 3.63) is 30.3 Å². The molecule has 1 saturated heterocycles. The van der Waals surface area contributed by atoms with Gasteiger partial charge in [0.05, 0.1) is 6.54 Å². The van der Waals surface area contributed by atoms with E-state index in [0.29, 0.717) is 5.69 Å². The molecule has 0 unspecified atom stereocenters. The topological polar surface area (TPSA) is 60.8 Å². The third-order valence-corrected chi connectivity index (χ3v) is 2.64. The molecule has 4 nitrogen and oxygen atoms in total. The first-order valence-electron chi connectivity index (χ1n) is 4.79. The molecule has 0 spiro atoms. The Bertz CT molecular complexity index is 375. The summed E-state index contributed by atoms with van der Waals surface area (Å²) in [5, 5.41) is 19.3. The Morgan fingerprint density at radius 2 is 2.00 bits per heavy atom. The fourth-order valence-corrected chi connectivity index (χ4v) is 1.72. The van der Waals surface area contributed by atoms with Crippen LogP contribution in [-0.2, 0) is 4.79 Å². The van der Waals surface area contributed by atoms with Crippen LogP contribution in [0.2, 0.25) is 0 Å². The Balaban J connectivity index is 2.31. The standard InChI is InChI=1S/C11H13NO3/c1-11(15)7-12(10(14)9(11)13)8-5-3-2-4-6-8/h2-6,9,13,15H,7H2,1H3/t9-,11+/m1/s1. The smallest absolute Gasteiger partial charge is 0.258 e. The van der Waals surface area contributed by atoms with Crippen molar-refractivity contribution in [2.24, 2.45) is 0 Å². The molecule has 1 fully saturated rings. The molecule has 4 heteroatoms. The number of para-hydroxylation sites is 1. The third-order valence-electron chi connectivity index (χ3n) is 2.64. The van der Waals surface area contributed by atoms with Gasteiger partial charge in [0, 0.05) is 5.69 Å². The number of rotatable bonds is 1. The van der Waals surface area contributed by atoms with Crippen LogP contribution < -0.4 is 4.90 Å². The van der Waals surface area contributed by atoms with E-state index in [9.17, 15) is 15.0 Å². The van der Waals surface area contributed by atoms with Gasteiger partial charge in [-0.05, 0) is 19.1 Å². The van der Waals surface area contributed by atoms with Gasteiger partial charge in [0.1, 0.15) is 5.60 Å². The number of aliphatic hydroxyl groups excluding tert-OH is 1. The molecule has 0 bridgehead atoms. The molecule has 15 heavy (non-hydrogen) atoms. The molecule has 2 atom stereocenters. The van der Waals surface area contributed by atoms with Crippen molar-refractivity contribution in [2.45, 2.75) is 18.6 Å². The highest BCUT2D eigenvalue weighted by molar-refractivity contribution is 6.00. The van der Waals surface area contributed by atoms with Crippen molar-refractivity contribution in [1.29, 1.82) is 0 Å². The zero-order valence-corrected chi connectivity index (χ0v) is 8.42. The number of hydrogen-bond donors (Lipinski definition) is 2. The number of β-amino-alcohol motifs (C(OH)–C–C–N with tert-alkyl or cyclic N) is 1. The first-order chi connectivity index (χ1) is 7.02. The van der Waals surface area contributed by atoms with Crippen molar-refractivity contribution in [2.75, 3.05) is 11.4 Å². The van der Waals surface area contributed by atoms with Crippen LogP contribution in [0.4, 0.5) is 5.69 Å². The van der Waals surface area contributed by atoms with Crippen molar-refractivity contribution in [3.8, 4) is 0 Å². The molecule has 1 aromatic carbocycles. The van der Waals surface area contributed by atoms with Gasteiger partial charge in [0.15, 0.2) is 6.10 Å². The van der Waals surface area contributed by atoms with Gasteiger partial charge in [-0.2, -0.15) is 0 Å². The summed E-state index contributed by atoms with van der Waals surface area (Å²) in [7, 11) is 0. The number of carbonyl (C=O) groups excluding carboxylic acids is 1. The van der Waals surface area contributed by atoms with Crippen molar-refractivity contribution < 1.29 is 15.0 Å². The summed E-state index contributed by atoms with van der Waals surface area (Å²) in [6.07, 6.45) is -1.34. The van der Waals surface area contributed by atoms with Gasteiger partial charge >= 0.3 is 0 Å². The molecule has 1 aromatic rings. The van der Waals surface area contributed by atoms with Crippen molar-refractivity contribution in [3.63, 3.8) is 0 Å². The predicted molar refractivity (Wildman–Crippen MR) is 55.4 cm³/mol. The van der Waals surface area contributed by atoms with E-state index in [1.165, 1.54) is 11.8 Å². The summed E-state index contributed by atoms with van der Waals surface area (Å²) in [5.74, 6) is -0.453. The SMILES string of the molecule is C[C@]1(O)CN(c2ccccc2)C(=O)[C@H]1O. The maximum absolute atomic E-state index is 11.6. The fraction of sp³-hybridized carbons (Fsp3) is 0.364. The van der Waals surface area contributed by atoms with Gasteiger partial charge < -0.3 is 15.1 Å². The van der Waals surface area contributed by atoms with Gasteiger partial charge in [-0.1, -0.05) is 18.2 Å². The Morgan fingerprint density at radius 1 is 1.40 bits per heavy atom. The van der Waals surface area contributed by atoms with Crippen LogP contribution in [0.25, 0.3) is 0 Å². The van der Waals surface area contributed by atoms with Crippen LogP contribution in [0.3, 0.4) is 0 Å². The van der Waals surface area contributed by atoms with Gasteiger partial charge in [0.2, 0.25) is 0 Å². The molecule has 2 N–H and O–H groups in total. The summed E-state index contributed by atoms with van der Waals surface area (Å²) >= 11 is 0. The lowest BCUT2D eigenvalue weighted by atomic mass is 10.0. The Hall–Kier alpha value is -1.39. The lowest BCUT2D eigenvalue weighted by molar-refractivity contribution is -0.130. The zero-order chi connectivity index (χ0) is 11.1. The van der Waals surface area contributed by atoms with Gasteiger partial charge in [-0.3, -0.25) is 4.79 Å². The number of hydrogen-bond acceptors (Lipinski definition) is 3. The second kappa shape index (κ2) is 3.32. The quantitative estimate of drug-likeness (QED) is 0.689. The monoisotopic (exact) mass is 207 g/mol. The van der Waals surface area contributed by atoms with Crippen molar-refractivity contribution in [1.82, 2.24) is 0 Å². The molecule has 2 rings (SSSR count). The van der Waals surface area contributed by atoms with E-state index < -0.39 is 17.6 Å². The largest absolute Gasteiger partial charge is 0.385 e. The number of carbonyl (C=O) groups is 1. The lowest BCUT2D eigenvalue weighted by Gasteiger charge is -2.18. The number of nitrogens with zero attached hydrogens (tertiary/aromatic N) is 1. The van der Waals surface area contributed by atoms with Crippen LogP contribution in [0.1, 0.15) is 6.92 Å². The zero-order valence-electron chi connectivity index (χ0n) is 8.42. The predicted octanol–water partition coefficient (Wildman–Crippen LogP) is 0.145. The summed E-state index contributed by atoms with van der Waals surface area (Å²) in [6, 6.07) is 9.00. The number of anilines is 1. The van der Waals surface area contributed by atoms with E-state index in [2.05, 4.69) is 0 Å². The second-order valence-electron chi connectivity index (χ2n) is 4.02. The number of benzene rings is 1. The third kappa shape index (κ3) is 1.62. The van der Waals surface area contributed by atoms with Gasteiger partial charge in [0.25, 0.3) is 5.91 Å². The molecule has 1 amide bonds. The average Bonchev–Trinajstić information content (AvgIpc) is 2.44. The second-order valence-corrected chi connectivity index (χ2v) is 4.02. The summed E-state index contributed by atoms with van der Waals surface area (Å²) in [6.45, 7) is 1.58. The first-order valence-corrected chi connectivity index (χ1v) is 4.79. The Morgan fingerprint density at radius 3 is 2.47 bits per heavy atom. The van der Waals surface area contributed by atoms with Crippen LogP contribution in [0.5, 0.6) is 0 Å². The maximum Gasteiger partial charge on any atom is 0.258 e. The average molecular weight is 207 g/mol. The first kappa shape index (κ1) is 10.1.